The van der Waals surface area contributed by atoms with Crippen LogP contribution in [0.25, 0.3) is 0 Å². The van der Waals surface area contributed by atoms with Crippen molar-refractivity contribution in [1.82, 2.24) is 4.98 Å². The maximum atomic E-state index is 13.8. The van der Waals surface area contributed by atoms with Gasteiger partial charge in [0.15, 0.2) is 0 Å². The normalized spacial score (nSPS) is 12.1. The Morgan fingerprint density at radius 2 is 1.82 bits per heavy atom. The molecule has 0 fully saturated rings. The number of anilines is 1. The number of pyridine rings is 1. The van der Waals surface area contributed by atoms with Crippen LogP contribution < -0.4 is 10.6 Å². The van der Waals surface area contributed by atoms with Gasteiger partial charge in [-0.15, -0.1) is 0 Å². The van der Waals surface area contributed by atoms with Gasteiger partial charge in [0, 0.05) is 7.05 Å². The number of likely N-dealkylation sites (N-methyl/N-ethyl adjacent to an activating group) is 1. The second kappa shape index (κ2) is 7.92. The SMILES string of the molecule is CCOC(=O)C(CCCN)N(C)c1c(F)c(F)nc(F)c1F. The van der Waals surface area contributed by atoms with Gasteiger partial charge in [0.05, 0.1) is 6.61 Å². The second-order valence-corrected chi connectivity index (χ2v) is 4.48. The van der Waals surface area contributed by atoms with Crippen LogP contribution in [0.3, 0.4) is 0 Å². The topological polar surface area (TPSA) is 68.5 Å². The molecule has 0 bridgehead atoms. The van der Waals surface area contributed by atoms with Gasteiger partial charge in [0.2, 0.25) is 11.6 Å². The summed E-state index contributed by atoms with van der Waals surface area (Å²) in [5.74, 6) is -7.70. The molecule has 0 aromatic carbocycles. The highest BCUT2D eigenvalue weighted by Crippen LogP contribution is 2.28. The van der Waals surface area contributed by atoms with E-state index in [2.05, 4.69) is 4.98 Å². The van der Waals surface area contributed by atoms with Gasteiger partial charge in [-0.05, 0) is 26.3 Å². The average Bonchev–Trinajstić information content (AvgIpc) is 2.46. The zero-order valence-corrected chi connectivity index (χ0v) is 12.2. The molecule has 0 spiro atoms. The lowest BCUT2D eigenvalue weighted by Crippen LogP contribution is -2.41. The average molecular weight is 323 g/mol. The van der Waals surface area contributed by atoms with E-state index in [1.54, 1.807) is 6.92 Å². The summed E-state index contributed by atoms with van der Waals surface area (Å²) in [5, 5.41) is 0. The number of rotatable bonds is 7. The van der Waals surface area contributed by atoms with Crippen molar-refractivity contribution >= 4 is 11.7 Å². The molecule has 1 aromatic heterocycles. The number of hydrogen-bond acceptors (Lipinski definition) is 5. The van der Waals surface area contributed by atoms with E-state index in [0.717, 1.165) is 11.9 Å². The second-order valence-electron chi connectivity index (χ2n) is 4.48. The van der Waals surface area contributed by atoms with Gasteiger partial charge in [0.25, 0.3) is 11.9 Å². The van der Waals surface area contributed by atoms with E-state index < -0.39 is 41.2 Å². The quantitative estimate of drug-likeness (QED) is 0.470. The number of aromatic nitrogens is 1. The van der Waals surface area contributed by atoms with Gasteiger partial charge in [-0.25, -0.2) is 4.79 Å². The van der Waals surface area contributed by atoms with E-state index >= 15 is 0 Å². The van der Waals surface area contributed by atoms with Gasteiger partial charge in [-0.1, -0.05) is 0 Å². The summed E-state index contributed by atoms with van der Waals surface area (Å²) in [4.78, 5) is 15.2. The van der Waals surface area contributed by atoms with Crippen LogP contribution >= 0.6 is 0 Å². The molecular weight excluding hydrogens is 306 g/mol. The molecule has 22 heavy (non-hydrogen) atoms. The molecule has 1 atom stereocenters. The van der Waals surface area contributed by atoms with E-state index in [1.165, 1.54) is 0 Å². The zero-order valence-electron chi connectivity index (χ0n) is 12.2. The Hall–Kier alpha value is -1.90. The van der Waals surface area contributed by atoms with Crippen LogP contribution in [0.5, 0.6) is 0 Å². The van der Waals surface area contributed by atoms with Crippen molar-refractivity contribution < 1.29 is 27.1 Å². The van der Waals surface area contributed by atoms with E-state index in [9.17, 15) is 22.4 Å². The predicted molar refractivity (Wildman–Crippen MR) is 71.2 cm³/mol. The largest absolute Gasteiger partial charge is 0.464 e. The lowest BCUT2D eigenvalue weighted by molar-refractivity contribution is -0.144. The van der Waals surface area contributed by atoms with Crippen molar-refractivity contribution in [3.05, 3.63) is 23.5 Å². The first kappa shape index (κ1) is 18.1. The minimum atomic E-state index is -1.79. The zero-order chi connectivity index (χ0) is 16.9. The fourth-order valence-electron chi connectivity index (χ4n) is 1.96. The van der Waals surface area contributed by atoms with Crippen molar-refractivity contribution in [2.45, 2.75) is 25.8 Å². The fraction of sp³-hybridized carbons (Fsp3) is 0.538. The summed E-state index contributed by atoms with van der Waals surface area (Å²) >= 11 is 0. The molecule has 2 N–H and O–H groups in total. The summed E-state index contributed by atoms with van der Waals surface area (Å²) in [6.07, 6.45) is 0.462. The summed E-state index contributed by atoms with van der Waals surface area (Å²) in [6, 6.07) is -1.13. The predicted octanol–water partition coefficient (Wildman–Crippen LogP) is 1.74. The number of ether oxygens (including phenoxy) is 1. The van der Waals surface area contributed by atoms with Crippen LogP contribution in [0.15, 0.2) is 0 Å². The standard InChI is InChI=1S/C13H17F4N3O2/c1-3-22-13(21)7(5-4-6-18)20(2)10-8(14)11(16)19-12(17)9(10)15/h7H,3-6,18H2,1-2H3. The molecule has 0 aliphatic carbocycles. The maximum absolute atomic E-state index is 13.8. The molecule has 1 rings (SSSR count). The summed E-state index contributed by atoms with van der Waals surface area (Å²) in [7, 11) is 1.14. The summed E-state index contributed by atoms with van der Waals surface area (Å²) in [5.41, 5.74) is 4.34. The van der Waals surface area contributed by atoms with Gasteiger partial charge in [-0.2, -0.15) is 22.5 Å². The van der Waals surface area contributed by atoms with Crippen LogP contribution in [-0.2, 0) is 9.53 Å². The van der Waals surface area contributed by atoms with Crippen molar-refractivity contribution in [1.29, 1.82) is 0 Å². The number of hydrogen-bond donors (Lipinski definition) is 1. The summed E-state index contributed by atoms with van der Waals surface area (Å²) in [6.45, 7) is 1.84. The number of carbonyl (C=O) groups is 1. The van der Waals surface area contributed by atoms with Crippen molar-refractivity contribution in [3.8, 4) is 0 Å². The molecular formula is C13H17F4N3O2. The fourth-order valence-corrected chi connectivity index (χ4v) is 1.96. The van der Waals surface area contributed by atoms with E-state index in [1.807, 2.05) is 0 Å². The highest BCUT2D eigenvalue weighted by molar-refractivity contribution is 5.80. The monoisotopic (exact) mass is 323 g/mol. The molecule has 0 aliphatic rings. The van der Waals surface area contributed by atoms with Crippen LogP contribution in [0.4, 0.5) is 23.2 Å². The van der Waals surface area contributed by atoms with E-state index in [4.69, 9.17) is 10.5 Å². The molecule has 124 valence electrons. The smallest absolute Gasteiger partial charge is 0.328 e. The molecule has 1 unspecified atom stereocenters. The van der Waals surface area contributed by atoms with Crippen LogP contribution in [-0.4, -0.2) is 37.2 Å². The molecule has 0 saturated heterocycles. The highest BCUT2D eigenvalue weighted by atomic mass is 19.2. The van der Waals surface area contributed by atoms with Crippen molar-refractivity contribution in [3.63, 3.8) is 0 Å². The number of nitrogens with two attached hydrogens (primary N) is 1. The first-order chi connectivity index (χ1) is 10.3. The van der Waals surface area contributed by atoms with Crippen molar-refractivity contribution in [2.75, 3.05) is 25.1 Å². The molecule has 0 aliphatic heterocycles. The third-order valence-corrected chi connectivity index (χ3v) is 3.03. The first-order valence-electron chi connectivity index (χ1n) is 6.64. The Morgan fingerprint density at radius 1 is 1.27 bits per heavy atom. The lowest BCUT2D eigenvalue weighted by Gasteiger charge is -2.28. The Kier molecular flexibility index (Phi) is 6.54. The van der Waals surface area contributed by atoms with Crippen LogP contribution in [0.2, 0.25) is 0 Å². The van der Waals surface area contributed by atoms with E-state index in [-0.39, 0.29) is 19.6 Å². The minimum Gasteiger partial charge on any atom is -0.464 e. The number of nitrogens with zero attached hydrogens (tertiary/aromatic N) is 2. The third-order valence-electron chi connectivity index (χ3n) is 3.03. The van der Waals surface area contributed by atoms with Crippen LogP contribution in [0, 0.1) is 23.5 Å². The van der Waals surface area contributed by atoms with Crippen LogP contribution in [0.1, 0.15) is 19.8 Å². The van der Waals surface area contributed by atoms with Gasteiger partial charge in [-0.3, -0.25) is 0 Å². The molecule has 0 radical (unpaired) electrons. The van der Waals surface area contributed by atoms with Gasteiger partial charge in [0.1, 0.15) is 11.7 Å². The molecule has 0 amide bonds. The molecule has 5 nitrogen and oxygen atoms in total. The maximum Gasteiger partial charge on any atom is 0.328 e. The third kappa shape index (κ3) is 3.85. The summed E-state index contributed by atoms with van der Waals surface area (Å²) < 4.78 is 58.7. The molecule has 0 saturated carbocycles. The Labute approximate surface area is 125 Å². The van der Waals surface area contributed by atoms with E-state index in [0.29, 0.717) is 6.42 Å². The Morgan fingerprint density at radius 3 is 2.27 bits per heavy atom. The number of esters is 1. The van der Waals surface area contributed by atoms with Gasteiger partial charge >= 0.3 is 5.97 Å². The molecule has 9 heteroatoms. The number of carbonyl (C=O) groups excluding carboxylic acids is 1. The highest BCUT2D eigenvalue weighted by Gasteiger charge is 2.31. The minimum absolute atomic E-state index is 0.0514. The Bertz CT molecular complexity index is 516. The molecule has 1 heterocycles. The molecule has 1 aromatic rings. The first-order valence-corrected chi connectivity index (χ1v) is 6.64. The Balaban J connectivity index is 3.23. The number of halogens is 4. The van der Waals surface area contributed by atoms with Gasteiger partial charge < -0.3 is 15.4 Å². The lowest BCUT2D eigenvalue weighted by atomic mass is 10.1. The van der Waals surface area contributed by atoms with Crippen molar-refractivity contribution in [2.24, 2.45) is 5.73 Å².